The van der Waals surface area contributed by atoms with Crippen LogP contribution in [0.1, 0.15) is 37.9 Å². The van der Waals surface area contributed by atoms with E-state index in [-0.39, 0.29) is 11.3 Å². The summed E-state index contributed by atoms with van der Waals surface area (Å²) in [5.74, 6) is 0. The van der Waals surface area contributed by atoms with Crippen molar-refractivity contribution in [2.45, 2.75) is 39.0 Å². The molecule has 1 aromatic carbocycles. The molecule has 1 unspecified atom stereocenters. The van der Waals surface area contributed by atoms with Gasteiger partial charge in [0.1, 0.15) is 0 Å². The average Bonchev–Trinajstić information content (AvgIpc) is 2.27. The van der Waals surface area contributed by atoms with Gasteiger partial charge < -0.3 is 0 Å². The van der Waals surface area contributed by atoms with Crippen LogP contribution in [0, 0.1) is 6.92 Å². The molecule has 0 amide bonds. The normalized spacial score (nSPS) is 14.3. The lowest BCUT2D eigenvalue weighted by molar-refractivity contribution is 0.394. The van der Waals surface area contributed by atoms with Gasteiger partial charge in [0.25, 0.3) is 0 Å². The minimum atomic E-state index is -3.20. The lowest BCUT2D eigenvalue weighted by Gasteiger charge is -2.26. The molecule has 3 nitrogen and oxygen atoms in total. The highest BCUT2D eigenvalue weighted by atomic mass is 32.2. The van der Waals surface area contributed by atoms with E-state index in [9.17, 15) is 8.42 Å². The fourth-order valence-electron chi connectivity index (χ4n) is 1.61. The van der Waals surface area contributed by atoms with Crippen LogP contribution in [-0.4, -0.2) is 25.0 Å². The van der Waals surface area contributed by atoms with Gasteiger partial charge in [-0.3, -0.25) is 0 Å². The maximum atomic E-state index is 12.0. The van der Waals surface area contributed by atoms with Crippen molar-refractivity contribution in [3.63, 3.8) is 0 Å². The van der Waals surface area contributed by atoms with Gasteiger partial charge in [-0.15, -0.1) is 0 Å². The minimum Gasteiger partial charge on any atom is -0.212 e. The first-order valence-electron chi connectivity index (χ1n) is 5.80. The molecule has 0 aliphatic carbocycles. The van der Waals surface area contributed by atoms with E-state index < -0.39 is 10.0 Å². The Morgan fingerprint density at radius 1 is 1.06 bits per heavy atom. The molecule has 0 heterocycles. The van der Waals surface area contributed by atoms with Crippen LogP contribution in [0.5, 0.6) is 0 Å². The third kappa shape index (κ3) is 3.07. The van der Waals surface area contributed by atoms with E-state index in [0.717, 1.165) is 5.56 Å². The lowest BCUT2D eigenvalue weighted by atomic mass is 10.1. The summed E-state index contributed by atoms with van der Waals surface area (Å²) >= 11 is 0. The number of aryl methyl sites for hydroxylation is 1. The monoisotopic (exact) mass is 255 g/mol. The smallest absolute Gasteiger partial charge is 0.212 e. The predicted octanol–water partition coefficient (Wildman–Crippen LogP) is 2.73. The molecule has 96 valence electrons. The SMILES string of the molecule is Cc1ccc(C(C)N(C)S(=O)(=O)C(C)C)cc1. The van der Waals surface area contributed by atoms with Crippen LogP contribution in [0.3, 0.4) is 0 Å². The lowest BCUT2D eigenvalue weighted by Crippen LogP contribution is -2.35. The Kier molecular flexibility index (Phi) is 4.33. The van der Waals surface area contributed by atoms with Crippen LogP contribution < -0.4 is 0 Å². The van der Waals surface area contributed by atoms with Gasteiger partial charge in [-0.25, -0.2) is 8.42 Å². The maximum Gasteiger partial charge on any atom is 0.216 e. The summed E-state index contributed by atoms with van der Waals surface area (Å²) < 4.78 is 25.5. The van der Waals surface area contributed by atoms with Gasteiger partial charge in [-0.1, -0.05) is 29.8 Å². The topological polar surface area (TPSA) is 37.4 Å². The molecule has 1 atom stereocenters. The number of hydrogen-bond donors (Lipinski definition) is 0. The molecule has 0 bridgehead atoms. The molecule has 1 aromatic rings. The Morgan fingerprint density at radius 3 is 1.94 bits per heavy atom. The van der Waals surface area contributed by atoms with Gasteiger partial charge in [0.15, 0.2) is 0 Å². The van der Waals surface area contributed by atoms with Crippen LogP contribution in [0.15, 0.2) is 24.3 Å². The van der Waals surface area contributed by atoms with Gasteiger partial charge in [-0.05, 0) is 33.3 Å². The largest absolute Gasteiger partial charge is 0.216 e. The van der Waals surface area contributed by atoms with E-state index >= 15 is 0 Å². The zero-order chi connectivity index (χ0) is 13.2. The Hall–Kier alpha value is -0.870. The van der Waals surface area contributed by atoms with Crippen LogP contribution in [0.25, 0.3) is 0 Å². The Morgan fingerprint density at radius 2 is 1.53 bits per heavy atom. The summed E-state index contributed by atoms with van der Waals surface area (Å²) in [6, 6.07) is 7.82. The van der Waals surface area contributed by atoms with E-state index in [4.69, 9.17) is 0 Å². The highest BCUT2D eigenvalue weighted by Crippen LogP contribution is 2.23. The van der Waals surface area contributed by atoms with Crippen molar-refractivity contribution in [2.75, 3.05) is 7.05 Å². The zero-order valence-electron chi connectivity index (χ0n) is 11.1. The van der Waals surface area contributed by atoms with E-state index in [0.29, 0.717) is 0 Å². The van der Waals surface area contributed by atoms with Crippen molar-refractivity contribution >= 4 is 10.0 Å². The molecule has 0 fully saturated rings. The first-order valence-corrected chi connectivity index (χ1v) is 7.30. The third-order valence-electron chi connectivity index (χ3n) is 3.10. The van der Waals surface area contributed by atoms with Crippen molar-refractivity contribution in [3.05, 3.63) is 35.4 Å². The summed E-state index contributed by atoms with van der Waals surface area (Å²) in [6.45, 7) is 7.33. The van der Waals surface area contributed by atoms with Gasteiger partial charge in [0, 0.05) is 13.1 Å². The average molecular weight is 255 g/mol. The van der Waals surface area contributed by atoms with Crippen molar-refractivity contribution in [3.8, 4) is 0 Å². The fraction of sp³-hybridized carbons (Fsp3) is 0.538. The molecule has 0 N–H and O–H groups in total. The first kappa shape index (κ1) is 14.2. The summed E-state index contributed by atoms with van der Waals surface area (Å²) in [6.07, 6.45) is 0. The number of benzene rings is 1. The Labute approximate surface area is 105 Å². The maximum absolute atomic E-state index is 12.0. The summed E-state index contributed by atoms with van der Waals surface area (Å²) in [5, 5.41) is -0.389. The second-order valence-electron chi connectivity index (χ2n) is 4.70. The minimum absolute atomic E-state index is 0.136. The molecule has 0 radical (unpaired) electrons. The molecule has 0 spiro atoms. The summed E-state index contributed by atoms with van der Waals surface area (Å²) in [5.41, 5.74) is 2.19. The van der Waals surface area contributed by atoms with Crippen LogP contribution in [0.4, 0.5) is 0 Å². The molecular weight excluding hydrogens is 234 g/mol. The number of rotatable bonds is 4. The molecular formula is C13H21NO2S. The molecule has 0 aliphatic heterocycles. The second kappa shape index (κ2) is 5.19. The second-order valence-corrected chi connectivity index (χ2v) is 7.25. The van der Waals surface area contributed by atoms with Crippen LogP contribution >= 0.6 is 0 Å². The molecule has 0 aromatic heterocycles. The van der Waals surface area contributed by atoms with Gasteiger partial charge >= 0.3 is 0 Å². The van der Waals surface area contributed by atoms with Gasteiger partial charge in [0.05, 0.1) is 5.25 Å². The third-order valence-corrected chi connectivity index (χ3v) is 5.41. The molecule has 1 rings (SSSR count). The Balaban J connectivity index is 2.98. The predicted molar refractivity (Wildman–Crippen MR) is 71.4 cm³/mol. The highest BCUT2D eigenvalue weighted by Gasteiger charge is 2.27. The molecule has 0 saturated heterocycles. The zero-order valence-corrected chi connectivity index (χ0v) is 12.0. The van der Waals surface area contributed by atoms with E-state index in [1.54, 1.807) is 20.9 Å². The van der Waals surface area contributed by atoms with Crippen molar-refractivity contribution in [1.82, 2.24) is 4.31 Å². The molecule has 4 heteroatoms. The van der Waals surface area contributed by atoms with Crippen LogP contribution in [-0.2, 0) is 10.0 Å². The van der Waals surface area contributed by atoms with Crippen molar-refractivity contribution in [1.29, 1.82) is 0 Å². The van der Waals surface area contributed by atoms with Crippen LogP contribution in [0.2, 0.25) is 0 Å². The molecule has 0 saturated carbocycles. The first-order chi connectivity index (χ1) is 7.76. The van der Waals surface area contributed by atoms with E-state index in [1.807, 2.05) is 38.1 Å². The number of sulfonamides is 1. The highest BCUT2D eigenvalue weighted by molar-refractivity contribution is 7.89. The molecule has 0 aliphatic rings. The fourth-order valence-corrected chi connectivity index (χ4v) is 2.84. The number of nitrogens with zero attached hydrogens (tertiary/aromatic N) is 1. The standard InChI is InChI=1S/C13H21NO2S/c1-10(2)17(15,16)14(5)12(4)13-8-6-11(3)7-9-13/h6-10,12H,1-5H3. The van der Waals surface area contributed by atoms with E-state index in [2.05, 4.69) is 0 Å². The summed E-state index contributed by atoms with van der Waals surface area (Å²) in [7, 11) is -1.56. The van der Waals surface area contributed by atoms with Gasteiger partial charge in [0.2, 0.25) is 10.0 Å². The summed E-state index contributed by atoms with van der Waals surface area (Å²) in [4.78, 5) is 0. The van der Waals surface area contributed by atoms with Crippen molar-refractivity contribution < 1.29 is 8.42 Å². The quantitative estimate of drug-likeness (QED) is 0.829. The Bertz CT molecular complexity index is 463. The number of hydrogen-bond acceptors (Lipinski definition) is 2. The van der Waals surface area contributed by atoms with Crippen molar-refractivity contribution in [2.24, 2.45) is 0 Å². The molecule has 17 heavy (non-hydrogen) atoms. The van der Waals surface area contributed by atoms with E-state index in [1.165, 1.54) is 9.87 Å². The van der Waals surface area contributed by atoms with Gasteiger partial charge in [-0.2, -0.15) is 4.31 Å².